The van der Waals surface area contributed by atoms with Crippen molar-refractivity contribution in [1.29, 1.82) is 0 Å². The van der Waals surface area contributed by atoms with E-state index in [9.17, 15) is 14.8 Å². The van der Waals surface area contributed by atoms with Crippen LogP contribution in [0.4, 0.5) is 21.0 Å². The molecule has 1 heterocycles. The molecule has 184 valence electrons. The van der Waals surface area contributed by atoms with Crippen molar-refractivity contribution in [3.05, 3.63) is 59.7 Å². The summed E-state index contributed by atoms with van der Waals surface area (Å²) in [6, 6.07) is 14.1. The number of nitrogens with zero attached hydrogens (tertiary/aromatic N) is 3. The van der Waals surface area contributed by atoms with Gasteiger partial charge in [-0.05, 0) is 57.4 Å². The van der Waals surface area contributed by atoms with Gasteiger partial charge < -0.3 is 10.2 Å². The van der Waals surface area contributed by atoms with E-state index < -0.39 is 17.7 Å². The van der Waals surface area contributed by atoms with E-state index in [1.165, 1.54) is 6.42 Å². The van der Waals surface area contributed by atoms with Gasteiger partial charge in [-0.3, -0.25) is 10.1 Å². The van der Waals surface area contributed by atoms with Gasteiger partial charge in [-0.25, -0.2) is 9.59 Å². The van der Waals surface area contributed by atoms with Crippen molar-refractivity contribution in [2.45, 2.75) is 78.4 Å². The molecule has 7 nitrogen and oxygen atoms in total. The highest BCUT2D eigenvalue weighted by Gasteiger charge is 2.56. The second kappa shape index (κ2) is 10.9. The maximum atomic E-state index is 13.7. The molecule has 4 amide bonds. The quantitative estimate of drug-likeness (QED) is 0.250. The van der Waals surface area contributed by atoms with E-state index in [0.29, 0.717) is 23.0 Å². The van der Waals surface area contributed by atoms with Gasteiger partial charge in [0.2, 0.25) is 0 Å². The zero-order chi connectivity index (χ0) is 24.9. The first-order valence-electron chi connectivity index (χ1n) is 12.2. The number of hydroxylamine groups is 2. The summed E-state index contributed by atoms with van der Waals surface area (Å²) in [6.45, 7) is 10.4. The maximum Gasteiger partial charge on any atom is 0.347 e. The summed E-state index contributed by atoms with van der Waals surface area (Å²) in [5.74, 6) is 0. The van der Waals surface area contributed by atoms with E-state index in [2.05, 4.69) is 12.2 Å². The third-order valence-corrected chi connectivity index (χ3v) is 6.70. The lowest BCUT2D eigenvalue weighted by Crippen LogP contribution is -2.58. The number of nitrogens with one attached hydrogen (secondary N) is 1. The van der Waals surface area contributed by atoms with Crippen LogP contribution in [0.2, 0.25) is 0 Å². The van der Waals surface area contributed by atoms with Gasteiger partial charge in [-0.2, -0.15) is 5.06 Å². The van der Waals surface area contributed by atoms with E-state index in [1.54, 1.807) is 15.9 Å². The molecule has 0 saturated carbocycles. The number of carbonyl (C=O) groups is 2. The van der Waals surface area contributed by atoms with Crippen LogP contribution in [-0.4, -0.2) is 45.5 Å². The van der Waals surface area contributed by atoms with Crippen LogP contribution in [0, 0.1) is 13.8 Å². The minimum Gasteiger partial charge on any atom is -0.315 e. The number of amides is 4. The number of benzene rings is 2. The molecule has 0 bridgehead atoms. The van der Waals surface area contributed by atoms with Crippen LogP contribution in [0.3, 0.4) is 0 Å². The van der Waals surface area contributed by atoms with E-state index in [-0.39, 0.29) is 6.03 Å². The Morgan fingerprint density at radius 2 is 1.62 bits per heavy atom. The predicted molar refractivity (Wildman–Crippen MR) is 136 cm³/mol. The Balaban J connectivity index is 1.91. The first-order chi connectivity index (χ1) is 16.2. The molecule has 0 aliphatic carbocycles. The number of hydrogen-bond acceptors (Lipinski definition) is 3. The third-order valence-electron chi connectivity index (χ3n) is 6.70. The Labute approximate surface area is 203 Å². The van der Waals surface area contributed by atoms with Crippen LogP contribution in [0.1, 0.15) is 64.0 Å². The van der Waals surface area contributed by atoms with Crippen LogP contribution >= 0.6 is 0 Å². The minimum atomic E-state index is -0.902. The minimum absolute atomic E-state index is 0.206. The standard InChI is InChI=1S/C27H38N4O3/c1-6-7-8-9-14-19-29-26(33)30(23-18-13-11-16-21(23)3)24(27(29,4)5)31(34)25(32)28-22-17-12-10-15-20(22)2/h10-13,15-18,24,34H,6-9,14,19H2,1-5H3,(H,28,32). The van der Waals surface area contributed by atoms with Crippen molar-refractivity contribution >= 4 is 23.4 Å². The molecule has 0 aromatic heterocycles. The summed E-state index contributed by atoms with van der Waals surface area (Å²) in [7, 11) is 0. The van der Waals surface area contributed by atoms with Crippen LogP contribution in [0.25, 0.3) is 0 Å². The molecule has 3 rings (SSSR count). The fourth-order valence-corrected chi connectivity index (χ4v) is 4.67. The van der Waals surface area contributed by atoms with Crippen molar-refractivity contribution in [2.24, 2.45) is 0 Å². The van der Waals surface area contributed by atoms with Gasteiger partial charge in [0.1, 0.15) is 0 Å². The summed E-state index contributed by atoms with van der Waals surface area (Å²) in [4.78, 5) is 30.2. The van der Waals surface area contributed by atoms with Gasteiger partial charge in [-0.15, -0.1) is 0 Å². The Hall–Kier alpha value is -3.06. The Bertz CT molecular complexity index is 1010. The summed E-state index contributed by atoms with van der Waals surface area (Å²) in [5, 5.41) is 14.7. The van der Waals surface area contributed by atoms with Gasteiger partial charge in [0.15, 0.2) is 6.17 Å². The molecule has 1 saturated heterocycles. The number of urea groups is 2. The molecule has 2 N–H and O–H groups in total. The fourth-order valence-electron chi connectivity index (χ4n) is 4.67. The summed E-state index contributed by atoms with van der Waals surface area (Å²) in [6.07, 6.45) is 4.49. The van der Waals surface area contributed by atoms with E-state index >= 15 is 0 Å². The van der Waals surface area contributed by atoms with E-state index in [0.717, 1.165) is 36.8 Å². The number of hydrogen-bond donors (Lipinski definition) is 2. The van der Waals surface area contributed by atoms with Crippen LogP contribution in [-0.2, 0) is 0 Å². The van der Waals surface area contributed by atoms with E-state index in [4.69, 9.17) is 0 Å². The smallest absolute Gasteiger partial charge is 0.315 e. The zero-order valence-corrected chi connectivity index (χ0v) is 21.0. The molecule has 34 heavy (non-hydrogen) atoms. The van der Waals surface area contributed by atoms with E-state index in [1.807, 2.05) is 70.2 Å². The second-order valence-electron chi connectivity index (χ2n) is 9.62. The molecule has 0 spiro atoms. The molecule has 1 unspecified atom stereocenters. The molecular formula is C27H38N4O3. The average Bonchev–Trinajstić information content (AvgIpc) is 3.00. The number of unbranched alkanes of at least 4 members (excludes halogenated alkanes) is 4. The van der Waals surface area contributed by atoms with Crippen molar-refractivity contribution in [3.8, 4) is 0 Å². The summed E-state index contributed by atoms with van der Waals surface area (Å²) in [5.41, 5.74) is 2.26. The van der Waals surface area contributed by atoms with Crippen LogP contribution in [0.5, 0.6) is 0 Å². The fraction of sp³-hybridized carbons (Fsp3) is 0.481. The molecule has 1 fully saturated rings. The van der Waals surface area contributed by atoms with Gasteiger partial charge in [0, 0.05) is 12.2 Å². The van der Waals surface area contributed by atoms with Crippen molar-refractivity contribution < 1.29 is 14.8 Å². The second-order valence-corrected chi connectivity index (χ2v) is 9.62. The molecule has 1 atom stereocenters. The highest BCUT2D eigenvalue weighted by molar-refractivity contribution is 5.98. The first kappa shape index (κ1) is 25.6. The van der Waals surface area contributed by atoms with Crippen molar-refractivity contribution in [1.82, 2.24) is 9.96 Å². The molecule has 2 aromatic rings. The zero-order valence-electron chi connectivity index (χ0n) is 21.0. The Morgan fingerprint density at radius 1 is 1.00 bits per heavy atom. The number of carbonyl (C=O) groups excluding carboxylic acids is 2. The van der Waals surface area contributed by atoms with Gasteiger partial charge in [-0.1, -0.05) is 69.0 Å². The van der Waals surface area contributed by atoms with Gasteiger partial charge >= 0.3 is 12.1 Å². The molecular weight excluding hydrogens is 428 g/mol. The highest BCUT2D eigenvalue weighted by atomic mass is 16.5. The normalized spacial score (nSPS) is 17.2. The lowest BCUT2D eigenvalue weighted by Gasteiger charge is -2.38. The van der Waals surface area contributed by atoms with Crippen molar-refractivity contribution in [3.63, 3.8) is 0 Å². The third kappa shape index (κ3) is 5.20. The number of anilines is 2. The molecule has 1 aliphatic heterocycles. The number of rotatable bonds is 9. The topological polar surface area (TPSA) is 76.1 Å². The largest absolute Gasteiger partial charge is 0.347 e. The van der Waals surface area contributed by atoms with Gasteiger partial charge in [0.25, 0.3) is 0 Å². The SMILES string of the molecule is CCCCCCCN1C(=O)N(c2ccccc2C)C(N(O)C(=O)Nc2ccccc2C)C1(C)C. The predicted octanol–water partition coefficient (Wildman–Crippen LogP) is 6.54. The molecule has 7 heteroatoms. The Kier molecular flexibility index (Phi) is 8.20. The summed E-state index contributed by atoms with van der Waals surface area (Å²) < 4.78 is 0. The maximum absolute atomic E-state index is 13.7. The monoisotopic (exact) mass is 466 g/mol. The molecule has 2 aromatic carbocycles. The average molecular weight is 467 g/mol. The van der Waals surface area contributed by atoms with Crippen LogP contribution < -0.4 is 10.2 Å². The van der Waals surface area contributed by atoms with Gasteiger partial charge in [0.05, 0.1) is 11.2 Å². The number of para-hydroxylation sites is 2. The summed E-state index contributed by atoms with van der Waals surface area (Å²) >= 11 is 0. The Morgan fingerprint density at radius 3 is 2.26 bits per heavy atom. The van der Waals surface area contributed by atoms with Crippen LogP contribution in [0.15, 0.2) is 48.5 Å². The molecule has 0 radical (unpaired) electrons. The lowest BCUT2D eigenvalue weighted by molar-refractivity contribution is -0.0949. The lowest BCUT2D eigenvalue weighted by atomic mass is 9.99. The van der Waals surface area contributed by atoms with Crippen molar-refractivity contribution in [2.75, 3.05) is 16.8 Å². The number of aryl methyl sites for hydroxylation is 2. The first-order valence-corrected chi connectivity index (χ1v) is 12.2. The molecule has 1 aliphatic rings. The highest BCUT2D eigenvalue weighted by Crippen LogP contribution is 2.39.